The number of rotatable bonds is 6. The van der Waals surface area contributed by atoms with Crippen LogP contribution in [-0.4, -0.2) is 21.1 Å². The van der Waals surface area contributed by atoms with Gasteiger partial charge in [0.2, 0.25) is 0 Å². The SMILES string of the molecule is CCCc1ccc(C(=O)CSc2nc3sc(C)c(C)c3c(=O)n2C)cc1. The maximum Gasteiger partial charge on any atom is 0.262 e. The molecule has 2 heterocycles. The fourth-order valence-electron chi connectivity index (χ4n) is 2.84. The number of carbonyl (C=O) groups excluding carboxylic acids is 1. The van der Waals surface area contributed by atoms with Crippen LogP contribution in [0.2, 0.25) is 0 Å². The number of ketones is 1. The largest absolute Gasteiger partial charge is 0.293 e. The summed E-state index contributed by atoms with van der Waals surface area (Å²) < 4.78 is 1.55. The molecule has 0 N–H and O–H groups in total. The molecule has 0 atom stereocenters. The van der Waals surface area contributed by atoms with Gasteiger partial charge in [0.05, 0.1) is 11.1 Å². The Labute approximate surface area is 161 Å². The van der Waals surface area contributed by atoms with Gasteiger partial charge in [0.1, 0.15) is 4.83 Å². The highest BCUT2D eigenvalue weighted by atomic mass is 32.2. The first-order chi connectivity index (χ1) is 12.4. The summed E-state index contributed by atoms with van der Waals surface area (Å²) >= 11 is 2.85. The third kappa shape index (κ3) is 3.62. The number of carbonyl (C=O) groups is 1. The molecule has 0 fully saturated rings. The average Bonchev–Trinajstić information content (AvgIpc) is 2.91. The van der Waals surface area contributed by atoms with E-state index in [0.717, 1.165) is 28.1 Å². The minimum Gasteiger partial charge on any atom is -0.293 e. The number of nitrogens with zero attached hydrogens (tertiary/aromatic N) is 2. The second-order valence-corrected chi connectivity index (χ2v) is 8.53. The zero-order valence-corrected chi connectivity index (χ0v) is 17.1. The standard InChI is InChI=1S/C20H22N2O2S2/c1-5-6-14-7-9-15(10-8-14)16(23)11-25-20-21-18-17(19(24)22(20)4)12(2)13(3)26-18/h7-10H,5-6,11H2,1-4H3. The molecule has 0 saturated heterocycles. The summed E-state index contributed by atoms with van der Waals surface area (Å²) in [6.45, 7) is 6.09. The molecule has 0 amide bonds. The van der Waals surface area contributed by atoms with E-state index in [9.17, 15) is 9.59 Å². The van der Waals surface area contributed by atoms with Gasteiger partial charge < -0.3 is 0 Å². The van der Waals surface area contributed by atoms with Crippen LogP contribution in [0.15, 0.2) is 34.2 Å². The molecule has 26 heavy (non-hydrogen) atoms. The topological polar surface area (TPSA) is 52.0 Å². The van der Waals surface area contributed by atoms with Crippen LogP contribution >= 0.6 is 23.1 Å². The molecule has 0 spiro atoms. The van der Waals surface area contributed by atoms with Gasteiger partial charge in [0.25, 0.3) is 5.56 Å². The molecule has 2 aromatic heterocycles. The fraction of sp³-hybridized carbons (Fsp3) is 0.350. The number of thioether (sulfide) groups is 1. The highest BCUT2D eigenvalue weighted by molar-refractivity contribution is 7.99. The molecule has 136 valence electrons. The molecule has 0 aliphatic heterocycles. The minimum absolute atomic E-state index is 0.0456. The van der Waals surface area contributed by atoms with E-state index in [1.54, 1.807) is 11.6 Å². The van der Waals surface area contributed by atoms with Crippen molar-refractivity contribution in [2.75, 3.05) is 5.75 Å². The Morgan fingerprint density at radius 1 is 1.23 bits per heavy atom. The van der Waals surface area contributed by atoms with Gasteiger partial charge in [0.15, 0.2) is 10.9 Å². The summed E-state index contributed by atoms with van der Waals surface area (Å²) in [7, 11) is 1.72. The van der Waals surface area contributed by atoms with Crippen LogP contribution in [0.1, 0.15) is 39.7 Å². The molecule has 3 rings (SSSR count). The number of hydrogen-bond acceptors (Lipinski definition) is 5. The molecule has 0 saturated carbocycles. The van der Waals surface area contributed by atoms with Crippen LogP contribution in [0.25, 0.3) is 10.2 Å². The van der Waals surface area contributed by atoms with Crippen LogP contribution in [0.3, 0.4) is 0 Å². The Balaban J connectivity index is 1.80. The lowest BCUT2D eigenvalue weighted by atomic mass is 10.1. The van der Waals surface area contributed by atoms with Crippen molar-refractivity contribution in [2.24, 2.45) is 7.05 Å². The van der Waals surface area contributed by atoms with E-state index in [1.807, 2.05) is 38.1 Å². The molecule has 0 radical (unpaired) electrons. The van der Waals surface area contributed by atoms with Crippen LogP contribution in [0.5, 0.6) is 0 Å². The summed E-state index contributed by atoms with van der Waals surface area (Å²) in [4.78, 5) is 31.6. The van der Waals surface area contributed by atoms with Crippen molar-refractivity contribution in [2.45, 2.75) is 38.8 Å². The van der Waals surface area contributed by atoms with Crippen molar-refractivity contribution in [3.05, 3.63) is 56.2 Å². The second kappa shape index (κ2) is 7.76. The quantitative estimate of drug-likeness (QED) is 0.355. The Kier molecular flexibility index (Phi) is 5.63. The third-order valence-corrected chi connectivity index (χ3v) is 6.65. The first-order valence-corrected chi connectivity index (χ1v) is 10.4. The lowest BCUT2D eigenvalue weighted by molar-refractivity contribution is 0.102. The molecular weight excluding hydrogens is 364 g/mol. The second-order valence-electron chi connectivity index (χ2n) is 6.38. The summed E-state index contributed by atoms with van der Waals surface area (Å²) in [6, 6.07) is 7.79. The van der Waals surface area contributed by atoms with Crippen LogP contribution in [0, 0.1) is 13.8 Å². The normalized spacial score (nSPS) is 11.2. The van der Waals surface area contributed by atoms with Gasteiger partial charge in [-0.25, -0.2) is 4.98 Å². The Hall–Kier alpha value is -1.92. The number of Topliss-reactive ketones (excluding diaryl/α,β-unsaturated/α-hetero) is 1. The smallest absolute Gasteiger partial charge is 0.262 e. The van der Waals surface area contributed by atoms with Crippen LogP contribution < -0.4 is 5.56 Å². The van der Waals surface area contributed by atoms with Gasteiger partial charge >= 0.3 is 0 Å². The lowest BCUT2D eigenvalue weighted by Gasteiger charge is -2.07. The maximum atomic E-state index is 12.6. The van der Waals surface area contributed by atoms with E-state index in [-0.39, 0.29) is 17.1 Å². The summed E-state index contributed by atoms with van der Waals surface area (Å²) in [6.07, 6.45) is 2.11. The fourth-order valence-corrected chi connectivity index (χ4v) is 4.78. The molecule has 4 nitrogen and oxygen atoms in total. The predicted octanol–water partition coefficient (Wildman–Crippen LogP) is 4.54. The first-order valence-electron chi connectivity index (χ1n) is 8.64. The van der Waals surface area contributed by atoms with Crippen molar-refractivity contribution >= 4 is 39.1 Å². The van der Waals surface area contributed by atoms with Crippen LogP contribution in [-0.2, 0) is 13.5 Å². The molecule has 0 aliphatic carbocycles. The zero-order chi connectivity index (χ0) is 18.8. The summed E-state index contributed by atoms with van der Waals surface area (Å²) in [5, 5.41) is 1.27. The van der Waals surface area contributed by atoms with E-state index in [4.69, 9.17) is 0 Å². The van der Waals surface area contributed by atoms with Gasteiger partial charge in [-0.2, -0.15) is 0 Å². The van der Waals surface area contributed by atoms with Crippen LogP contribution in [0.4, 0.5) is 0 Å². The Bertz CT molecular complexity index is 1020. The van der Waals surface area contributed by atoms with Gasteiger partial charge in [-0.05, 0) is 31.4 Å². The lowest BCUT2D eigenvalue weighted by Crippen LogP contribution is -2.20. The molecule has 1 aromatic carbocycles. The molecule has 0 bridgehead atoms. The zero-order valence-electron chi connectivity index (χ0n) is 15.5. The van der Waals surface area contributed by atoms with Crippen molar-refractivity contribution < 1.29 is 4.79 Å². The van der Waals surface area contributed by atoms with E-state index >= 15 is 0 Å². The van der Waals surface area contributed by atoms with Crippen molar-refractivity contribution in [1.29, 1.82) is 0 Å². The van der Waals surface area contributed by atoms with Gasteiger partial charge in [-0.1, -0.05) is 49.4 Å². The maximum absolute atomic E-state index is 12.6. The van der Waals surface area contributed by atoms with E-state index in [0.29, 0.717) is 16.1 Å². The van der Waals surface area contributed by atoms with Crippen molar-refractivity contribution in [3.8, 4) is 0 Å². The molecule has 3 aromatic rings. The third-order valence-electron chi connectivity index (χ3n) is 4.52. The van der Waals surface area contributed by atoms with Crippen molar-refractivity contribution in [3.63, 3.8) is 0 Å². The Morgan fingerprint density at radius 2 is 1.92 bits per heavy atom. The first kappa shape index (κ1) is 18.9. The number of aryl methyl sites for hydroxylation is 3. The predicted molar refractivity (Wildman–Crippen MR) is 110 cm³/mol. The number of hydrogen-bond donors (Lipinski definition) is 0. The van der Waals surface area contributed by atoms with Gasteiger partial charge in [-0.15, -0.1) is 11.3 Å². The Morgan fingerprint density at radius 3 is 2.58 bits per heavy atom. The highest BCUT2D eigenvalue weighted by Gasteiger charge is 2.16. The molecular formula is C20H22N2O2S2. The summed E-state index contributed by atoms with van der Waals surface area (Å²) in [5.41, 5.74) is 2.90. The van der Waals surface area contributed by atoms with Gasteiger partial charge in [0, 0.05) is 17.5 Å². The molecule has 0 aliphatic rings. The van der Waals surface area contributed by atoms with Crippen molar-refractivity contribution in [1.82, 2.24) is 9.55 Å². The van der Waals surface area contributed by atoms with E-state index < -0.39 is 0 Å². The number of thiophene rings is 1. The average molecular weight is 387 g/mol. The number of fused-ring (bicyclic) bond motifs is 1. The molecule has 0 unspecified atom stereocenters. The van der Waals surface area contributed by atoms with E-state index in [1.165, 1.54) is 28.7 Å². The highest BCUT2D eigenvalue weighted by Crippen LogP contribution is 2.28. The monoisotopic (exact) mass is 386 g/mol. The van der Waals surface area contributed by atoms with Gasteiger partial charge in [-0.3, -0.25) is 14.2 Å². The number of benzene rings is 1. The summed E-state index contributed by atoms with van der Waals surface area (Å²) in [5.74, 6) is 0.313. The minimum atomic E-state index is -0.0456. The number of aromatic nitrogens is 2. The molecule has 6 heteroatoms. The van der Waals surface area contributed by atoms with E-state index in [2.05, 4.69) is 11.9 Å².